The van der Waals surface area contributed by atoms with Crippen molar-refractivity contribution in [3.8, 4) is 5.75 Å². The quantitative estimate of drug-likeness (QED) is 0.316. The summed E-state index contributed by atoms with van der Waals surface area (Å²) < 4.78 is 10.7. The molecule has 1 atom stereocenters. The fourth-order valence-electron chi connectivity index (χ4n) is 4.14. The lowest BCUT2D eigenvalue weighted by molar-refractivity contribution is -0.140. The zero-order chi connectivity index (χ0) is 22.0. The predicted octanol–water partition coefficient (Wildman–Crippen LogP) is 4.12. The third-order valence-corrected chi connectivity index (χ3v) is 5.91. The van der Waals surface area contributed by atoms with Gasteiger partial charge in [-0.1, -0.05) is 23.7 Å². The van der Waals surface area contributed by atoms with Crippen molar-refractivity contribution in [2.75, 3.05) is 26.9 Å². The summed E-state index contributed by atoms with van der Waals surface area (Å²) in [6.07, 6.45) is 2.30. The summed E-state index contributed by atoms with van der Waals surface area (Å²) in [6.45, 7) is 1.46. The number of halogens is 1. The Morgan fingerprint density at radius 1 is 1.23 bits per heavy atom. The van der Waals surface area contributed by atoms with E-state index in [-0.39, 0.29) is 11.3 Å². The molecule has 1 fully saturated rings. The van der Waals surface area contributed by atoms with Crippen LogP contribution < -0.4 is 4.74 Å². The number of rotatable bonds is 6. The molecule has 1 amide bonds. The SMILES string of the molecule is COCCCN1C(=O)C(=O)/C(=C(\O)c2ccc3c(c2)CCCO3)C1c1ccc(Cl)cc1. The number of carbonyl (C=O) groups excluding carboxylic acids is 2. The summed E-state index contributed by atoms with van der Waals surface area (Å²) in [6, 6.07) is 11.6. The Balaban J connectivity index is 1.79. The molecule has 6 nitrogen and oxygen atoms in total. The lowest BCUT2D eigenvalue weighted by Crippen LogP contribution is -2.31. The largest absolute Gasteiger partial charge is 0.507 e. The third kappa shape index (κ3) is 4.18. The Hall–Kier alpha value is -2.83. The monoisotopic (exact) mass is 441 g/mol. The second-order valence-corrected chi connectivity index (χ2v) is 8.10. The van der Waals surface area contributed by atoms with Gasteiger partial charge in [-0.3, -0.25) is 9.59 Å². The number of methoxy groups -OCH3 is 1. The first kappa shape index (κ1) is 21.4. The van der Waals surface area contributed by atoms with E-state index in [9.17, 15) is 14.7 Å². The van der Waals surface area contributed by atoms with E-state index in [1.807, 2.05) is 6.07 Å². The lowest BCUT2D eigenvalue weighted by atomic mass is 9.94. The van der Waals surface area contributed by atoms with Gasteiger partial charge in [-0.05, 0) is 60.7 Å². The number of aliphatic hydroxyl groups is 1. The highest BCUT2D eigenvalue weighted by Crippen LogP contribution is 2.40. The molecule has 0 aromatic heterocycles. The van der Waals surface area contributed by atoms with Gasteiger partial charge in [-0.15, -0.1) is 0 Å². The van der Waals surface area contributed by atoms with Gasteiger partial charge < -0.3 is 19.5 Å². The number of ether oxygens (including phenoxy) is 2. The fourth-order valence-corrected chi connectivity index (χ4v) is 4.27. The van der Waals surface area contributed by atoms with E-state index in [0.717, 1.165) is 24.2 Å². The summed E-state index contributed by atoms with van der Waals surface area (Å²) in [5, 5.41) is 11.7. The number of nitrogens with zero attached hydrogens (tertiary/aromatic N) is 1. The van der Waals surface area contributed by atoms with Gasteiger partial charge in [-0.25, -0.2) is 0 Å². The van der Waals surface area contributed by atoms with E-state index in [2.05, 4.69) is 0 Å². The minimum atomic E-state index is -0.693. The maximum absolute atomic E-state index is 13.0. The number of hydrogen-bond donors (Lipinski definition) is 1. The number of Topliss-reactive ketones (excluding diaryl/α,β-unsaturated/α-hetero) is 1. The highest BCUT2D eigenvalue weighted by molar-refractivity contribution is 6.46. The third-order valence-electron chi connectivity index (χ3n) is 5.66. The van der Waals surface area contributed by atoms with E-state index in [1.54, 1.807) is 43.5 Å². The van der Waals surface area contributed by atoms with Crippen molar-refractivity contribution in [3.63, 3.8) is 0 Å². The molecule has 2 aromatic rings. The van der Waals surface area contributed by atoms with E-state index < -0.39 is 17.7 Å². The van der Waals surface area contributed by atoms with E-state index in [1.165, 1.54) is 4.90 Å². The lowest BCUT2D eigenvalue weighted by Gasteiger charge is -2.25. The maximum Gasteiger partial charge on any atom is 0.295 e. The van der Waals surface area contributed by atoms with Crippen LogP contribution in [0.2, 0.25) is 5.02 Å². The van der Waals surface area contributed by atoms with Crippen molar-refractivity contribution in [2.45, 2.75) is 25.3 Å². The van der Waals surface area contributed by atoms with Crippen LogP contribution in [0.3, 0.4) is 0 Å². The van der Waals surface area contributed by atoms with Crippen molar-refractivity contribution in [3.05, 3.63) is 69.8 Å². The first-order valence-corrected chi connectivity index (χ1v) is 10.7. The number of carbonyl (C=O) groups is 2. The molecule has 0 saturated carbocycles. The molecule has 162 valence electrons. The first-order chi connectivity index (χ1) is 15.0. The van der Waals surface area contributed by atoms with E-state index in [4.69, 9.17) is 21.1 Å². The molecule has 4 rings (SSSR count). The van der Waals surface area contributed by atoms with Crippen LogP contribution in [-0.2, 0) is 20.7 Å². The summed E-state index contributed by atoms with van der Waals surface area (Å²) in [5.41, 5.74) is 2.27. The molecule has 7 heteroatoms. The Morgan fingerprint density at radius 2 is 2.00 bits per heavy atom. The first-order valence-electron chi connectivity index (χ1n) is 10.3. The standard InChI is InChI=1S/C24H24ClNO5/c1-30-12-3-11-26-21(15-5-8-18(25)9-6-15)20(23(28)24(26)29)22(27)17-7-10-19-16(14-17)4-2-13-31-19/h5-10,14,21,27H,2-4,11-13H2,1H3/b22-20-. The topological polar surface area (TPSA) is 76.1 Å². The Labute approximate surface area is 186 Å². The zero-order valence-corrected chi connectivity index (χ0v) is 18.0. The fraction of sp³-hybridized carbons (Fsp3) is 0.333. The minimum Gasteiger partial charge on any atom is -0.507 e. The molecular formula is C24H24ClNO5. The molecule has 2 aliphatic rings. The van der Waals surface area contributed by atoms with Crippen LogP contribution in [0.25, 0.3) is 5.76 Å². The molecule has 1 unspecified atom stereocenters. The van der Waals surface area contributed by atoms with Gasteiger partial charge in [0.2, 0.25) is 0 Å². The maximum atomic E-state index is 13.0. The molecule has 31 heavy (non-hydrogen) atoms. The molecule has 2 heterocycles. The molecule has 1 N–H and O–H groups in total. The predicted molar refractivity (Wildman–Crippen MR) is 117 cm³/mol. The molecular weight excluding hydrogens is 418 g/mol. The minimum absolute atomic E-state index is 0.0846. The molecule has 0 radical (unpaired) electrons. The van der Waals surface area contributed by atoms with Crippen LogP contribution in [0.1, 0.15) is 35.6 Å². The number of hydrogen-bond acceptors (Lipinski definition) is 5. The number of ketones is 1. The molecule has 0 aliphatic carbocycles. The van der Waals surface area contributed by atoms with Gasteiger partial charge in [0.1, 0.15) is 11.5 Å². The van der Waals surface area contributed by atoms with Gasteiger partial charge in [0.25, 0.3) is 11.7 Å². The normalized spacial score (nSPS) is 19.9. The number of fused-ring (bicyclic) bond motifs is 1. The summed E-state index contributed by atoms with van der Waals surface area (Å²) >= 11 is 6.04. The molecule has 0 bridgehead atoms. The molecule has 2 aromatic carbocycles. The van der Waals surface area contributed by atoms with Crippen molar-refractivity contribution >= 4 is 29.1 Å². The van der Waals surface area contributed by atoms with Gasteiger partial charge >= 0.3 is 0 Å². The van der Waals surface area contributed by atoms with Crippen LogP contribution in [-0.4, -0.2) is 48.6 Å². The Morgan fingerprint density at radius 3 is 2.74 bits per heavy atom. The number of amides is 1. The van der Waals surface area contributed by atoms with Crippen LogP contribution in [0.5, 0.6) is 5.75 Å². The highest BCUT2D eigenvalue weighted by Gasteiger charge is 2.45. The second-order valence-electron chi connectivity index (χ2n) is 7.66. The zero-order valence-electron chi connectivity index (χ0n) is 17.3. The van der Waals surface area contributed by atoms with E-state index >= 15 is 0 Å². The van der Waals surface area contributed by atoms with Gasteiger partial charge in [0, 0.05) is 30.8 Å². The second kappa shape index (κ2) is 9.12. The number of benzene rings is 2. The van der Waals surface area contributed by atoms with Crippen LogP contribution in [0.15, 0.2) is 48.0 Å². The highest BCUT2D eigenvalue weighted by atomic mass is 35.5. The summed E-state index contributed by atoms with van der Waals surface area (Å²) in [7, 11) is 1.59. The van der Waals surface area contributed by atoms with E-state index in [0.29, 0.717) is 42.3 Å². The molecule has 0 spiro atoms. The smallest absolute Gasteiger partial charge is 0.295 e. The Bertz CT molecular complexity index is 1030. The molecule has 2 aliphatic heterocycles. The van der Waals surface area contributed by atoms with Crippen LogP contribution >= 0.6 is 11.6 Å². The Kier molecular flexibility index (Phi) is 6.30. The number of likely N-dealkylation sites (tertiary alicyclic amines) is 1. The van der Waals surface area contributed by atoms with Gasteiger partial charge in [0.15, 0.2) is 0 Å². The van der Waals surface area contributed by atoms with Gasteiger partial charge in [-0.2, -0.15) is 0 Å². The van der Waals surface area contributed by atoms with Gasteiger partial charge in [0.05, 0.1) is 18.2 Å². The molecule has 1 saturated heterocycles. The average Bonchev–Trinajstić information content (AvgIpc) is 3.04. The number of aliphatic hydroxyl groups excluding tert-OH is 1. The summed E-state index contributed by atoms with van der Waals surface area (Å²) in [4.78, 5) is 27.4. The average molecular weight is 442 g/mol. The van der Waals surface area contributed by atoms with Crippen molar-refractivity contribution < 1.29 is 24.2 Å². The van der Waals surface area contributed by atoms with Crippen molar-refractivity contribution in [2.24, 2.45) is 0 Å². The summed E-state index contributed by atoms with van der Waals surface area (Å²) in [5.74, 6) is -0.708. The van der Waals surface area contributed by atoms with Crippen molar-refractivity contribution in [1.29, 1.82) is 0 Å². The number of aryl methyl sites for hydroxylation is 1. The van der Waals surface area contributed by atoms with Crippen LogP contribution in [0, 0.1) is 0 Å². The van der Waals surface area contributed by atoms with Crippen LogP contribution in [0.4, 0.5) is 0 Å². The van der Waals surface area contributed by atoms with Crippen molar-refractivity contribution in [1.82, 2.24) is 4.90 Å².